The molecule has 0 saturated carbocycles. The van der Waals surface area contributed by atoms with E-state index in [1.54, 1.807) is 18.2 Å². The fourth-order valence-electron chi connectivity index (χ4n) is 4.07. The molecule has 8 heteroatoms. The van der Waals surface area contributed by atoms with Gasteiger partial charge in [-0.2, -0.15) is 5.21 Å². The van der Waals surface area contributed by atoms with Crippen LogP contribution >= 0.6 is 0 Å². The van der Waals surface area contributed by atoms with Gasteiger partial charge in [-0.3, -0.25) is 0 Å². The molecule has 2 N–H and O–H groups in total. The van der Waals surface area contributed by atoms with Crippen LogP contribution in [0.2, 0.25) is 0 Å². The molecule has 0 amide bonds. The van der Waals surface area contributed by atoms with Crippen molar-refractivity contribution in [1.82, 2.24) is 30.2 Å². The fourth-order valence-corrected chi connectivity index (χ4v) is 4.07. The number of rotatable bonds is 7. The first-order chi connectivity index (χ1) is 16.1. The Morgan fingerprint density at radius 2 is 1.82 bits per heavy atom. The number of carboxylic acid groups (broad SMARTS) is 1. The molecule has 0 aliphatic carbocycles. The predicted molar refractivity (Wildman–Crippen MR) is 125 cm³/mol. The summed E-state index contributed by atoms with van der Waals surface area (Å²) in [5.41, 5.74) is 6.01. The second kappa shape index (κ2) is 8.66. The van der Waals surface area contributed by atoms with Crippen molar-refractivity contribution in [3.05, 3.63) is 83.7 Å². The standard InChI is InChI=1S/C25H22N6O2/c1-2-5-23-26-21-13-12-18(25(32)33)14-22(21)31(23)15-16-8-10-17(11-9-16)19-6-3-4-7-20(19)24-27-29-30-28-24/h3-4,6-14H,2,5,15H2,1H3,(H,32,33)(H,27,28,29,30). The lowest BCUT2D eigenvalue weighted by atomic mass is 9.98. The second-order valence-electron chi connectivity index (χ2n) is 7.85. The van der Waals surface area contributed by atoms with Crippen molar-refractivity contribution in [1.29, 1.82) is 0 Å². The first kappa shape index (κ1) is 20.6. The monoisotopic (exact) mass is 438 g/mol. The van der Waals surface area contributed by atoms with Gasteiger partial charge in [0.2, 0.25) is 5.82 Å². The molecule has 2 aromatic heterocycles. The number of benzene rings is 3. The number of nitrogens with one attached hydrogen (secondary N) is 1. The molecule has 0 fully saturated rings. The number of tetrazole rings is 1. The van der Waals surface area contributed by atoms with E-state index in [-0.39, 0.29) is 5.56 Å². The first-order valence-corrected chi connectivity index (χ1v) is 10.8. The van der Waals surface area contributed by atoms with Crippen molar-refractivity contribution in [3.63, 3.8) is 0 Å². The number of imidazole rings is 1. The molecule has 5 aromatic rings. The number of aromatic carboxylic acids is 1. The van der Waals surface area contributed by atoms with E-state index in [1.807, 2.05) is 24.3 Å². The Kier molecular flexibility index (Phi) is 5.40. The van der Waals surface area contributed by atoms with Crippen LogP contribution in [0, 0.1) is 0 Å². The molecule has 3 aromatic carbocycles. The molecule has 0 unspecified atom stereocenters. The summed E-state index contributed by atoms with van der Waals surface area (Å²) < 4.78 is 2.12. The average molecular weight is 438 g/mol. The van der Waals surface area contributed by atoms with Crippen LogP contribution in [0.1, 0.15) is 35.1 Å². The van der Waals surface area contributed by atoms with Gasteiger partial charge in [0.05, 0.1) is 16.6 Å². The van der Waals surface area contributed by atoms with E-state index in [9.17, 15) is 9.90 Å². The highest BCUT2D eigenvalue weighted by atomic mass is 16.4. The third-order valence-electron chi connectivity index (χ3n) is 5.67. The Balaban J connectivity index is 1.50. The molecule has 2 heterocycles. The lowest BCUT2D eigenvalue weighted by molar-refractivity contribution is 0.0697. The van der Waals surface area contributed by atoms with Gasteiger partial charge in [-0.25, -0.2) is 9.78 Å². The molecular formula is C25H22N6O2. The zero-order chi connectivity index (χ0) is 22.8. The van der Waals surface area contributed by atoms with Gasteiger partial charge in [-0.05, 0) is 46.5 Å². The van der Waals surface area contributed by atoms with E-state index in [4.69, 9.17) is 4.98 Å². The highest BCUT2D eigenvalue weighted by Gasteiger charge is 2.14. The molecule has 8 nitrogen and oxygen atoms in total. The van der Waals surface area contributed by atoms with E-state index in [1.165, 1.54) is 0 Å². The van der Waals surface area contributed by atoms with E-state index >= 15 is 0 Å². The number of carbonyl (C=O) groups is 1. The lowest BCUT2D eigenvalue weighted by Gasteiger charge is -2.11. The van der Waals surface area contributed by atoms with Crippen LogP contribution in [0.25, 0.3) is 33.5 Å². The lowest BCUT2D eigenvalue weighted by Crippen LogP contribution is -2.06. The summed E-state index contributed by atoms with van der Waals surface area (Å²) in [6, 6.07) is 21.4. The van der Waals surface area contributed by atoms with Crippen LogP contribution in [0.3, 0.4) is 0 Å². The average Bonchev–Trinajstić information content (AvgIpc) is 3.48. The Morgan fingerprint density at radius 3 is 2.52 bits per heavy atom. The zero-order valence-electron chi connectivity index (χ0n) is 18.1. The van der Waals surface area contributed by atoms with E-state index in [2.05, 4.69) is 56.4 Å². The van der Waals surface area contributed by atoms with Crippen LogP contribution in [0.4, 0.5) is 0 Å². The number of carboxylic acids is 1. The molecule has 0 spiro atoms. The maximum Gasteiger partial charge on any atom is 0.335 e. The van der Waals surface area contributed by atoms with Gasteiger partial charge >= 0.3 is 5.97 Å². The molecule has 0 atom stereocenters. The van der Waals surface area contributed by atoms with Gasteiger partial charge in [0.1, 0.15) is 5.82 Å². The maximum atomic E-state index is 11.5. The Bertz CT molecular complexity index is 1420. The highest BCUT2D eigenvalue weighted by molar-refractivity contribution is 5.92. The third kappa shape index (κ3) is 3.98. The summed E-state index contributed by atoms with van der Waals surface area (Å²) in [6.45, 7) is 2.73. The smallest absolute Gasteiger partial charge is 0.335 e. The minimum Gasteiger partial charge on any atom is -0.478 e. The van der Waals surface area contributed by atoms with Gasteiger partial charge in [0.15, 0.2) is 0 Å². The topological polar surface area (TPSA) is 110 Å². The van der Waals surface area contributed by atoms with Gasteiger partial charge in [-0.15, -0.1) is 10.2 Å². The highest BCUT2D eigenvalue weighted by Crippen LogP contribution is 2.30. The maximum absolute atomic E-state index is 11.5. The Labute approximate surface area is 189 Å². The van der Waals surface area contributed by atoms with Gasteiger partial charge in [-0.1, -0.05) is 55.5 Å². The molecule has 5 rings (SSSR count). The van der Waals surface area contributed by atoms with Crippen LogP contribution in [-0.2, 0) is 13.0 Å². The molecule has 0 aliphatic heterocycles. The van der Waals surface area contributed by atoms with Crippen molar-refractivity contribution < 1.29 is 9.90 Å². The number of hydrogen-bond acceptors (Lipinski definition) is 5. The largest absolute Gasteiger partial charge is 0.478 e. The summed E-state index contributed by atoms with van der Waals surface area (Å²) in [5, 5.41) is 23.8. The minimum absolute atomic E-state index is 0.264. The molecule has 33 heavy (non-hydrogen) atoms. The summed E-state index contributed by atoms with van der Waals surface area (Å²) >= 11 is 0. The Morgan fingerprint density at radius 1 is 1.03 bits per heavy atom. The molecule has 164 valence electrons. The molecule has 0 radical (unpaired) electrons. The fraction of sp³-hybridized carbons (Fsp3) is 0.160. The van der Waals surface area contributed by atoms with Crippen molar-refractivity contribution in [2.75, 3.05) is 0 Å². The summed E-state index contributed by atoms with van der Waals surface area (Å²) in [6.07, 6.45) is 1.79. The van der Waals surface area contributed by atoms with Crippen molar-refractivity contribution in [2.24, 2.45) is 0 Å². The van der Waals surface area contributed by atoms with E-state index < -0.39 is 5.97 Å². The third-order valence-corrected chi connectivity index (χ3v) is 5.67. The second-order valence-corrected chi connectivity index (χ2v) is 7.85. The van der Waals surface area contributed by atoms with Crippen molar-refractivity contribution in [2.45, 2.75) is 26.3 Å². The quantitative estimate of drug-likeness (QED) is 0.385. The van der Waals surface area contributed by atoms with E-state index in [0.717, 1.165) is 52.0 Å². The molecule has 0 aliphatic rings. The van der Waals surface area contributed by atoms with Gasteiger partial charge < -0.3 is 9.67 Å². The van der Waals surface area contributed by atoms with Crippen molar-refractivity contribution in [3.8, 4) is 22.5 Å². The van der Waals surface area contributed by atoms with Crippen LogP contribution < -0.4 is 0 Å². The van der Waals surface area contributed by atoms with Crippen LogP contribution in [0.5, 0.6) is 0 Å². The number of hydrogen-bond donors (Lipinski definition) is 2. The van der Waals surface area contributed by atoms with Crippen LogP contribution in [-0.4, -0.2) is 41.3 Å². The minimum atomic E-state index is -0.939. The summed E-state index contributed by atoms with van der Waals surface area (Å²) in [5.74, 6) is 0.575. The summed E-state index contributed by atoms with van der Waals surface area (Å²) in [7, 11) is 0. The summed E-state index contributed by atoms with van der Waals surface area (Å²) in [4.78, 5) is 16.2. The first-order valence-electron chi connectivity index (χ1n) is 10.8. The predicted octanol–water partition coefficient (Wildman–Crippen LogP) is 4.58. The molecule has 0 bridgehead atoms. The van der Waals surface area contributed by atoms with Gasteiger partial charge in [0, 0.05) is 18.5 Å². The van der Waals surface area contributed by atoms with Crippen molar-refractivity contribution >= 4 is 17.0 Å². The normalized spacial score (nSPS) is 11.2. The number of nitrogens with zero attached hydrogens (tertiary/aromatic N) is 5. The number of aryl methyl sites for hydroxylation is 1. The number of H-pyrrole nitrogens is 1. The van der Waals surface area contributed by atoms with Crippen LogP contribution in [0.15, 0.2) is 66.7 Å². The Hall–Kier alpha value is -4.33. The molecular weight excluding hydrogens is 416 g/mol. The number of aromatic nitrogens is 6. The van der Waals surface area contributed by atoms with Gasteiger partial charge in [0.25, 0.3) is 0 Å². The number of aromatic amines is 1. The zero-order valence-corrected chi connectivity index (χ0v) is 18.1. The molecule has 0 saturated heterocycles. The number of fused-ring (bicyclic) bond motifs is 1. The SMILES string of the molecule is CCCc1nc2ccc(C(=O)O)cc2n1Cc1ccc(-c2ccccc2-c2nn[nH]n2)cc1. The van der Waals surface area contributed by atoms with E-state index in [0.29, 0.717) is 12.4 Å².